The lowest BCUT2D eigenvalue weighted by molar-refractivity contribution is 0.154. The van der Waals surface area contributed by atoms with E-state index in [1.165, 1.54) is 5.32 Å². The van der Waals surface area contributed by atoms with Gasteiger partial charge in [0.15, 0.2) is 0 Å². The summed E-state index contributed by atoms with van der Waals surface area (Å²) >= 11 is 0. The van der Waals surface area contributed by atoms with Crippen molar-refractivity contribution in [3.8, 4) is 0 Å². The number of carbonyl (C=O) groups is 2. The second kappa shape index (κ2) is 2.80. The van der Waals surface area contributed by atoms with Crippen LogP contribution in [0.4, 0.5) is 9.59 Å². The third-order valence-electron chi connectivity index (χ3n) is 0.322. The van der Waals surface area contributed by atoms with Gasteiger partial charge in [0, 0.05) is 0 Å². The summed E-state index contributed by atoms with van der Waals surface area (Å²) in [6, 6.07) is -1.17. The molecule has 0 aliphatic carbocycles. The topological polar surface area (TPSA) is 98.7 Å². The number of carbonyl (C=O) groups excluding carboxylic acids is 1. The molecule has 8 heavy (non-hydrogen) atoms. The van der Waals surface area contributed by atoms with Gasteiger partial charge in [0.05, 0.1) is 0 Å². The van der Waals surface area contributed by atoms with Crippen molar-refractivity contribution in [2.75, 3.05) is 0 Å². The van der Waals surface area contributed by atoms with E-state index in [0.717, 1.165) is 5.48 Å². The zero-order valence-corrected chi connectivity index (χ0v) is 3.71. The molecule has 0 radical (unpaired) electrons. The average molecular weight is 120 g/mol. The lowest BCUT2D eigenvalue weighted by atomic mass is 11.0. The van der Waals surface area contributed by atoms with Crippen LogP contribution in [-0.4, -0.2) is 22.4 Å². The maximum absolute atomic E-state index is 9.77. The van der Waals surface area contributed by atoms with Crippen LogP contribution in [0.1, 0.15) is 0 Å². The van der Waals surface area contributed by atoms with E-state index in [1.54, 1.807) is 0 Å². The molecule has 6 heteroatoms. The van der Waals surface area contributed by atoms with Gasteiger partial charge in [-0.2, -0.15) is 0 Å². The molecule has 0 aromatic heterocycles. The number of nitrogens with one attached hydrogen (secondary N) is 2. The Morgan fingerprint density at radius 3 is 2.00 bits per heavy atom. The Kier molecular flexibility index (Phi) is 2.35. The number of hydrogen-bond acceptors (Lipinski definition) is 3. The van der Waals surface area contributed by atoms with Gasteiger partial charge in [-0.25, -0.2) is 20.4 Å². The molecular weight excluding hydrogens is 116 g/mol. The molecular formula is C2H4N2O4. The normalized spacial score (nSPS) is 7.62. The maximum atomic E-state index is 9.77. The Labute approximate surface area is 44.1 Å². The van der Waals surface area contributed by atoms with Gasteiger partial charge in [0.2, 0.25) is 0 Å². The van der Waals surface area contributed by atoms with E-state index < -0.39 is 12.1 Å². The van der Waals surface area contributed by atoms with Crippen LogP contribution >= 0.6 is 0 Å². The lowest BCUT2D eigenvalue weighted by Gasteiger charge is -1.92. The van der Waals surface area contributed by atoms with Gasteiger partial charge in [-0.15, -0.1) is 0 Å². The molecule has 0 saturated carbocycles. The first-order valence-electron chi connectivity index (χ1n) is 1.61. The van der Waals surface area contributed by atoms with Crippen molar-refractivity contribution in [2.24, 2.45) is 0 Å². The summed E-state index contributed by atoms with van der Waals surface area (Å²) in [6.07, 6.45) is -1.52. The van der Waals surface area contributed by atoms with Crippen molar-refractivity contribution >= 4 is 12.1 Å². The largest absolute Gasteiger partial charge is 0.465 e. The zero-order chi connectivity index (χ0) is 6.57. The fraction of sp³-hybridized carbons (Fsp3) is 0. The summed E-state index contributed by atoms with van der Waals surface area (Å²) in [4.78, 5) is 19.3. The van der Waals surface area contributed by atoms with E-state index in [-0.39, 0.29) is 0 Å². The van der Waals surface area contributed by atoms with E-state index in [2.05, 4.69) is 0 Å². The summed E-state index contributed by atoms with van der Waals surface area (Å²) in [7, 11) is 0. The van der Waals surface area contributed by atoms with E-state index in [4.69, 9.17) is 10.3 Å². The summed E-state index contributed by atoms with van der Waals surface area (Å²) in [5, 5.41) is 16.7. The smallest absolute Gasteiger partial charge is 0.412 e. The first-order valence-corrected chi connectivity index (χ1v) is 1.61. The number of hydrogen-bond donors (Lipinski definition) is 4. The highest BCUT2D eigenvalue weighted by Crippen LogP contribution is 1.60. The Bertz CT molecular complexity index is 111. The average Bonchev–Trinajstić information content (AvgIpc) is 1.65. The van der Waals surface area contributed by atoms with Crippen LogP contribution in [0, 0.1) is 0 Å². The van der Waals surface area contributed by atoms with Gasteiger partial charge in [0.25, 0.3) is 0 Å². The van der Waals surface area contributed by atoms with Gasteiger partial charge in [-0.3, -0.25) is 5.21 Å². The highest BCUT2D eigenvalue weighted by molar-refractivity contribution is 5.88. The predicted molar refractivity (Wildman–Crippen MR) is 21.5 cm³/mol. The third-order valence-corrected chi connectivity index (χ3v) is 0.322. The molecule has 0 saturated heterocycles. The van der Waals surface area contributed by atoms with Gasteiger partial charge in [-0.05, 0) is 0 Å². The second-order valence-corrected chi connectivity index (χ2v) is 0.871. The Hall–Kier alpha value is -1.30. The molecule has 0 atom stereocenters. The molecule has 0 fully saturated rings. The quantitative estimate of drug-likeness (QED) is 0.252. The number of imide groups is 1. The maximum Gasteiger partial charge on any atom is 0.412 e. The second-order valence-electron chi connectivity index (χ2n) is 0.871. The van der Waals surface area contributed by atoms with Crippen molar-refractivity contribution in [3.63, 3.8) is 0 Å². The predicted octanol–water partition coefficient (Wildman–Crippen LogP) is -0.647. The van der Waals surface area contributed by atoms with Gasteiger partial charge in [-0.1, -0.05) is 0 Å². The minimum atomic E-state index is -1.52. The van der Waals surface area contributed by atoms with Gasteiger partial charge in [0.1, 0.15) is 0 Å². The molecule has 0 aromatic rings. The summed E-state index contributed by atoms with van der Waals surface area (Å²) in [6.45, 7) is 0. The Morgan fingerprint density at radius 2 is 1.88 bits per heavy atom. The summed E-state index contributed by atoms with van der Waals surface area (Å²) in [5.41, 5.74) is 1.07. The number of rotatable bonds is 0. The Balaban J connectivity index is 3.40. The Morgan fingerprint density at radius 1 is 1.38 bits per heavy atom. The van der Waals surface area contributed by atoms with Crippen LogP contribution < -0.4 is 10.8 Å². The van der Waals surface area contributed by atoms with Crippen LogP contribution in [0.25, 0.3) is 0 Å². The molecule has 4 N–H and O–H groups in total. The van der Waals surface area contributed by atoms with Crippen LogP contribution in [-0.2, 0) is 0 Å². The molecule has 0 aliphatic heterocycles. The number of amides is 3. The molecule has 0 bridgehead atoms. The van der Waals surface area contributed by atoms with Crippen molar-refractivity contribution in [3.05, 3.63) is 0 Å². The number of urea groups is 1. The molecule has 0 aliphatic rings. The lowest BCUT2D eigenvalue weighted by Crippen LogP contribution is -2.36. The molecule has 0 spiro atoms. The first kappa shape index (κ1) is 6.70. The molecule has 0 rings (SSSR count). The number of hydroxylamine groups is 1. The highest BCUT2D eigenvalue weighted by atomic mass is 16.5. The zero-order valence-electron chi connectivity index (χ0n) is 3.71. The molecule has 0 aromatic carbocycles. The van der Waals surface area contributed by atoms with Crippen LogP contribution in [0.2, 0.25) is 0 Å². The minimum Gasteiger partial charge on any atom is -0.465 e. The van der Waals surface area contributed by atoms with Gasteiger partial charge >= 0.3 is 12.1 Å². The molecule has 0 heterocycles. The van der Waals surface area contributed by atoms with E-state index in [0.29, 0.717) is 0 Å². The van der Waals surface area contributed by atoms with Crippen molar-refractivity contribution in [1.29, 1.82) is 0 Å². The SMILES string of the molecule is O=C(O)NC(=O)NO. The fourth-order valence-corrected chi connectivity index (χ4v) is 0.125. The van der Waals surface area contributed by atoms with Gasteiger partial charge < -0.3 is 5.11 Å². The van der Waals surface area contributed by atoms with Crippen molar-refractivity contribution in [1.82, 2.24) is 10.8 Å². The highest BCUT2D eigenvalue weighted by Gasteiger charge is 1.99. The third kappa shape index (κ3) is 2.91. The summed E-state index contributed by atoms with van der Waals surface area (Å²) < 4.78 is 0. The fourth-order valence-electron chi connectivity index (χ4n) is 0.125. The first-order chi connectivity index (χ1) is 3.66. The molecule has 0 unspecified atom stereocenters. The standard InChI is InChI=1S/C2H4N2O4/c5-1(4-8)3-2(6)7/h8H,(H,6,7)(H2,3,4,5). The van der Waals surface area contributed by atoms with E-state index >= 15 is 0 Å². The molecule has 6 nitrogen and oxygen atoms in total. The van der Waals surface area contributed by atoms with E-state index in [1.807, 2.05) is 0 Å². The van der Waals surface area contributed by atoms with Crippen LogP contribution in [0.15, 0.2) is 0 Å². The minimum absolute atomic E-state index is 1.07. The van der Waals surface area contributed by atoms with Crippen molar-refractivity contribution < 1.29 is 19.9 Å². The van der Waals surface area contributed by atoms with Crippen LogP contribution in [0.5, 0.6) is 0 Å². The van der Waals surface area contributed by atoms with E-state index in [9.17, 15) is 9.59 Å². The van der Waals surface area contributed by atoms with Crippen molar-refractivity contribution in [2.45, 2.75) is 0 Å². The number of carboxylic acid groups (broad SMARTS) is 1. The molecule has 46 valence electrons. The monoisotopic (exact) mass is 120 g/mol. The molecule has 3 amide bonds. The summed E-state index contributed by atoms with van der Waals surface area (Å²) in [5.74, 6) is 0. The van der Waals surface area contributed by atoms with Crippen LogP contribution in [0.3, 0.4) is 0 Å².